The van der Waals surface area contributed by atoms with Gasteiger partial charge in [0.1, 0.15) is 5.75 Å². The Morgan fingerprint density at radius 3 is 2.24 bits per heavy atom. The minimum atomic E-state index is -0.992. The number of amides is 1. The molecule has 132 valence electrons. The van der Waals surface area contributed by atoms with Crippen molar-refractivity contribution in [3.63, 3.8) is 0 Å². The number of carboxylic acids is 1. The van der Waals surface area contributed by atoms with E-state index >= 15 is 0 Å². The van der Waals surface area contributed by atoms with Crippen molar-refractivity contribution in [2.45, 2.75) is 26.0 Å². The zero-order valence-corrected chi connectivity index (χ0v) is 14.7. The number of rotatable bonds is 7. The number of carbonyl (C=O) groups excluding carboxylic acids is 1. The standard InChI is InChI=1S/C19H20ClNO4/c1-12(19(23)24)17(14-8-4-3-5-9-14)21-18(22)13(2)25-16-11-7-6-10-15(16)20/h3-13,17H,1-2H3,(H,21,22)(H,23,24). The van der Waals surface area contributed by atoms with Gasteiger partial charge in [-0.25, -0.2) is 0 Å². The lowest BCUT2D eigenvalue weighted by Crippen LogP contribution is -2.42. The molecule has 0 aromatic heterocycles. The van der Waals surface area contributed by atoms with Crippen molar-refractivity contribution < 1.29 is 19.4 Å². The van der Waals surface area contributed by atoms with Crippen LogP contribution in [0.4, 0.5) is 0 Å². The Balaban J connectivity index is 2.13. The van der Waals surface area contributed by atoms with Gasteiger partial charge in [-0.15, -0.1) is 0 Å². The first-order valence-corrected chi connectivity index (χ1v) is 8.27. The quantitative estimate of drug-likeness (QED) is 0.788. The zero-order chi connectivity index (χ0) is 18.4. The van der Waals surface area contributed by atoms with Crippen molar-refractivity contribution in [2.75, 3.05) is 0 Å². The Hall–Kier alpha value is -2.53. The van der Waals surface area contributed by atoms with E-state index in [1.165, 1.54) is 0 Å². The number of hydrogen-bond acceptors (Lipinski definition) is 3. The molecule has 25 heavy (non-hydrogen) atoms. The molecule has 2 aromatic carbocycles. The molecule has 3 unspecified atom stereocenters. The SMILES string of the molecule is CC(Oc1ccccc1Cl)C(=O)NC(c1ccccc1)C(C)C(=O)O. The third kappa shape index (κ3) is 4.97. The van der Waals surface area contributed by atoms with Gasteiger partial charge in [-0.1, -0.05) is 54.1 Å². The van der Waals surface area contributed by atoms with Gasteiger partial charge in [-0.05, 0) is 31.5 Å². The maximum atomic E-state index is 12.5. The number of ether oxygens (including phenoxy) is 1. The Kier molecular flexibility index (Phi) is 6.42. The fraction of sp³-hybridized carbons (Fsp3) is 0.263. The van der Waals surface area contributed by atoms with Crippen molar-refractivity contribution >= 4 is 23.5 Å². The third-order valence-corrected chi connectivity index (χ3v) is 4.17. The van der Waals surface area contributed by atoms with Gasteiger partial charge in [0.15, 0.2) is 6.10 Å². The topological polar surface area (TPSA) is 75.6 Å². The summed E-state index contributed by atoms with van der Waals surface area (Å²) < 4.78 is 5.59. The lowest BCUT2D eigenvalue weighted by atomic mass is 9.94. The molecule has 2 aromatic rings. The van der Waals surface area contributed by atoms with E-state index in [1.54, 1.807) is 62.4 Å². The first-order chi connectivity index (χ1) is 11.9. The molecule has 0 heterocycles. The van der Waals surface area contributed by atoms with Crippen LogP contribution in [0.3, 0.4) is 0 Å². The lowest BCUT2D eigenvalue weighted by Gasteiger charge is -2.25. The van der Waals surface area contributed by atoms with Gasteiger partial charge in [0.25, 0.3) is 5.91 Å². The summed E-state index contributed by atoms with van der Waals surface area (Å²) in [6.07, 6.45) is -0.827. The maximum Gasteiger partial charge on any atom is 0.308 e. The highest BCUT2D eigenvalue weighted by Crippen LogP contribution is 2.25. The highest BCUT2D eigenvalue weighted by molar-refractivity contribution is 6.32. The molecular formula is C19H20ClNO4. The molecule has 0 aliphatic rings. The van der Waals surface area contributed by atoms with Crippen molar-refractivity contribution in [3.05, 3.63) is 65.2 Å². The number of aliphatic carboxylic acids is 1. The largest absolute Gasteiger partial charge is 0.481 e. The number of carbonyl (C=O) groups is 2. The molecule has 0 saturated carbocycles. The number of hydrogen-bond donors (Lipinski definition) is 2. The average Bonchev–Trinajstić information content (AvgIpc) is 2.61. The summed E-state index contributed by atoms with van der Waals surface area (Å²) in [6, 6.07) is 15.2. The third-order valence-electron chi connectivity index (χ3n) is 3.86. The van der Waals surface area contributed by atoms with Crippen molar-refractivity contribution in [3.8, 4) is 5.75 Å². The minimum Gasteiger partial charge on any atom is -0.481 e. The van der Waals surface area contributed by atoms with Crippen molar-refractivity contribution in [1.29, 1.82) is 0 Å². The molecule has 3 atom stereocenters. The molecule has 0 spiro atoms. The lowest BCUT2D eigenvalue weighted by molar-refractivity contribution is -0.142. The molecule has 0 bridgehead atoms. The Morgan fingerprint density at radius 1 is 1.04 bits per heavy atom. The molecule has 2 rings (SSSR count). The van der Waals surface area contributed by atoms with Crippen LogP contribution in [0.1, 0.15) is 25.5 Å². The summed E-state index contributed by atoms with van der Waals surface area (Å²) in [5.41, 5.74) is 0.718. The van der Waals surface area contributed by atoms with Crippen LogP contribution in [0.15, 0.2) is 54.6 Å². The van der Waals surface area contributed by atoms with Crippen molar-refractivity contribution in [1.82, 2.24) is 5.32 Å². The van der Waals surface area contributed by atoms with Crippen LogP contribution < -0.4 is 10.1 Å². The maximum absolute atomic E-state index is 12.5. The van der Waals surface area contributed by atoms with E-state index in [-0.39, 0.29) is 0 Å². The van der Waals surface area contributed by atoms with E-state index < -0.39 is 29.9 Å². The highest BCUT2D eigenvalue weighted by atomic mass is 35.5. The molecule has 2 N–H and O–H groups in total. The van der Waals surface area contributed by atoms with Crippen molar-refractivity contribution in [2.24, 2.45) is 5.92 Å². The molecular weight excluding hydrogens is 342 g/mol. The van der Waals surface area contributed by atoms with Crippen LogP contribution in [0.2, 0.25) is 5.02 Å². The molecule has 1 amide bonds. The fourth-order valence-corrected chi connectivity index (χ4v) is 2.54. The van der Waals surface area contributed by atoms with E-state index in [9.17, 15) is 14.7 Å². The zero-order valence-electron chi connectivity index (χ0n) is 14.0. The van der Waals surface area contributed by atoms with Crippen LogP contribution in [-0.2, 0) is 9.59 Å². The fourth-order valence-electron chi connectivity index (χ4n) is 2.35. The summed E-state index contributed by atoms with van der Waals surface area (Å²) in [5.74, 6) is -1.80. The second-order valence-electron chi connectivity index (χ2n) is 5.71. The summed E-state index contributed by atoms with van der Waals surface area (Å²) in [6.45, 7) is 3.14. The van der Waals surface area contributed by atoms with E-state index in [2.05, 4.69) is 5.32 Å². The monoisotopic (exact) mass is 361 g/mol. The number of benzene rings is 2. The second-order valence-corrected chi connectivity index (χ2v) is 6.12. The van der Waals surface area contributed by atoms with Crippen LogP contribution in [-0.4, -0.2) is 23.1 Å². The molecule has 0 aliphatic carbocycles. The van der Waals surface area contributed by atoms with Crippen LogP contribution in [0.25, 0.3) is 0 Å². The second kappa shape index (κ2) is 8.53. The highest BCUT2D eigenvalue weighted by Gasteiger charge is 2.28. The minimum absolute atomic E-state index is 0.398. The number of para-hydroxylation sites is 1. The number of halogens is 1. The number of carboxylic acid groups (broad SMARTS) is 1. The van der Waals surface area contributed by atoms with E-state index in [4.69, 9.17) is 16.3 Å². The Labute approximate surface area is 151 Å². The van der Waals surface area contributed by atoms with E-state index in [0.29, 0.717) is 10.8 Å². The Morgan fingerprint density at radius 2 is 1.64 bits per heavy atom. The predicted molar refractivity (Wildman–Crippen MR) is 95.7 cm³/mol. The smallest absolute Gasteiger partial charge is 0.308 e. The van der Waals surface area contributed by atoms with Gasteiger partial charge in [-0.3, -0.25) is 9.59 Å². The molecule has 0 aliphatic heterocycles. The van der Waals surface area contributed by atoms with Crippen LogP contribution in [0, 0.1) is 5.92 Å². The van der Waals surface area contributed by atoms with Gasteiger partial charge in [0, 0.05) is 0 Å². The average molecular weight is 362 g/mol. The molecule has 0 radical (unpaired) electrons. The molecule has 0 fully saturated rings. The van der Waals surface area contributed by atoms with E-state index in [1.807, 2.05) is 6.07 Å². The van der Waals surface area contributed by atoms with E-state index in [0.717, 1.165) is 5.56 Å². The van der Waals surface area contributed by atoms with Crippen LogP contribution in [0.5, 0.6) is 5.75 Å². The van der Waals surface area contributed by atoms with Gasteiger partial charge < -0.3 is 15.2 Å². The molecule has 6 heteroatoms. The first kappa shape index (κ1) is 18.8. The number of nitrogens with one attached hydrogen (secondary N) is 1. The molecule has 0 saturated heterocycles. The normalized spacial score (nSPS) is 14.2. The summed E-state index contributed by atoms with van der Waals surface area (Å²) in [7, 11) is 0. The van der Waals surface area contributed by atoms with Crippen LogP contribution >= 0.6 is 11.6 Å². The summed E-state index contributed by atoms with van der Waals surface area (Å²) in [4.78, 5) is 23.9. The first-order valence-electron chi connectivity index (χ1n) is 7.89. The van der Waals surface area contributed by atoms with Gasteiger partial charge in [0.05, 0.1) is 17.0 Å². The molecule has 5 nitrogen and oxygen atoms in total. The summed E-state index contributed by atoms with van der Waals surface area (Å²) in [5, 5.41) is 12.5. The van der Waals surface area contributed by atoms with Gasteiger partial charge in [0.2, 0.25) is 0 Å². The predicted octanol–water partition coefficient (Wildman–Crippen LogP) is 3.69. The summed E-state index contributed by atoms with van der Waals surface area (Å²) >= 11 is 6.03. The Bertz CT molecular complexity index is 735. The van der Waals surface area contributed by atoms with Gasteiger partial charge >= 0.3 is 5.97 Å². The van der Waals surface area contributed by atoms with Gasteiger partial charge in [-0.2, -0.15) is 0 Å².